The molecular weight excluding hydrogens is 292 g/mol. The number of anilines is 1. The minimum absolute atomic E-state index is 0.0846. The van der Waals surface area contributed by atoms with Crippen LogP contribution in [0.25, 0.3) is 0 Å². The lowest BCUT2D eigenvalue weighted by Crippen LogP contribution is -2.66. The van der Waals surface area contributed by atoms with Crippen molar-refractivity contribution in [3.8, 4) is 0 Å². The second kappa shape index (κ2) is 4.51. The predicted molar refractivity (Wildman–Crippen MR) is 77.3 cm³/mol. The lowest BCUT2D eigenvalue weighted by molar-refractivity contribution is 0.0599. The van der Waals surface area contributed by atoms with E-state index in [1.807, 2.05) is 0 Å². The lowest BCUT2D eigenvalue weighted by Gasteiger charge is -2.51. The first-order chi connectivity index (χ1) is 8.64. The van der Waals surface area contributed by atoms with Gasteiger partial charge in [0.1, 0.15) is 0 Å². The number of morpholine rings is 1. The van der Waals surface area contributed by atoms with Gasteiger partial charge in [0, 0.05) is 22.2 Å². The van der Waals surface area contributed by atoms with Crippen molar-refractivity contribution in [2.75, 3.05) is 31.7 Å². The molecule has 0 spiro atoms. The molecule has 0 aliphatic carbocycles. The van der Waals surface area contributed by atoms with Crippen LogP contribution in [-0.4, -0.2) is 38.4 Å². The van der Waals surface area contributed by atoms with Crippen LogP contribution in [0, 0.1) is 0 Å². The molecule has 1 aromatic carbocycles. The van der Waals surface area contributed by atoms with Crippen molar-refractivity contribution in [1.82, 2.24) is 5.32 Å². The van der Waals surface area contributed by atoms with E-state index in [0.29, 0.717) is 6.04 Å². The van der Waals surface area contributed by atoms with Crippen LogP contribution in [-0.2, 0) is 11.2 Å². The fraction of sp³-hybridized carbons (Fsp3) is 0.571. The van der Waals surface area contributed by atoms with E-state index in [2.05, 4.69) is 58.3 Å². The molecule has 1 unspecified atom stereocenters. The first kappa shape index (κ1) is 12.5. The topological polar surface area (TPSA) is 24.5 Å². The summed E-state index contributed by atoms with van der Waals surface area (Å²) in [7, 11) is 2.05. The summed E-state index contributed by atoms with van der Waals surface area (Å²) in [4.78, 5) is 2.50. The average molecular weight is 311 g/mol. The van der Waals surface area contributed by atoms with Crippen LogP contribution in [0.2, 0.25) is 0 Å². The highest BCUT2D eigenvalue weighted by Crippen LogP contribution is 2.38. The second-order valence-corrected chi connectivity index (χ2v) is 6.32. The summed E-state index contributed by atoms with van der Waals surface area (Å²) in [6.45, 7) is 4.90. The van der Waals surface area contributed by atoms with Crippen molar-refractivity contribution in [3.05, 3.63) is 28.2 Å². The first-order valence-corrected chi connectivity index (χ1v) is 7.25. The Morgan fingerprint density at radius 2 is 2.33 bits per heavy atom. The number of hydrogen-bond donors (Lipinski definition) is 1. The van der Waals surface area contributed by atoms with Crippen molar-refractivity contribution in [1.29, 1.82) is 0 Å². The number of benzene rings is 1. The molecule has 3 rings (SSSR count). The monoisotopic (exact) mass is 310 g/mol. The van der Waals surface area contributed by atoms with Gasteiger partial charge in [-0.2, -0.15) is 0 Å². The van der Waals surface area contributed by atoms with Gasteiger partial charge in [0.15, 0.2) is 0 Å². The van der Waals surface area contributed by atoms with Gasteiger partial charge in [0.25, 0.3) is 0 Å². The van der Waals surface area contributed by atoms with Crippen LogP contribution in [0.4, 0.5) is 5.69 Å². The molecule has 1 N–H and O–H groups in total. The average Bonchev–Trinajstić information content (AvgIpc) is 2.40. The molecule has 0 aromatic heterocycles. The van der Waals surface area contributed by atoms with E-state index in [4.69, 9.17) is 4.74 Å². The third kappa shape index (κ3) is 1.87. The summed E-state index contributed by atoms with van der Waals surface area (Å²) in [6.07, 6.45) is 1.05. The Morgan fingerprint density at radius 1 is 1.50 bits per heavy atom. The quantitative estimate of drug-likeness (QED) is 0.860. The van der Waals surface area contributed by atoms with E-state index >= 15 is 0 Å². The summed E-state index contributed by atoms with van der Waals surface area (Å²) in [6, 6.07) is 7.03. The van der Waals surface area contributed by atoms with E-state index < -0.39 is 0 Å². The van der Waals surface area contributed by atoms with E-state index in [9.17, 15) is 0 Å². The molecule has 1 aromatic rings. The number of hydrogen-bond acceptors (Lipinski definition) is 3. The van der Waals surface area contributed by atoms with Gasteiger partial charge < -0.3 is 15.0 Å². The molecule has 2 heterocycles. The van der Waals surface area contributed by atoms with Crippen LogP contribution >= 0.6 is 15.9 Å². The van der Waals surface area contributed by atoms with Gasteiger partial charge >= 0.3 is 0 Å². The van der Waals surface area contributed by atoms with E-state index in [1.54, 1.807) is 0 Å². The number of likely N-dealkylation sites (N-methyl/N-ethyl adjacent to an activating group) is 1. The van der Waals surface area contributed by atoms with Crippen molar-refractivity contribution < 1.29 is 4.74 Å². The number of ether oxygens (including phenoxy) is 1. The SMILES string of the molecule is CN[C@]1(C)Cc2ccc(Br)cc2N2CCOCC21. The maximum atomic E-state index is 5.69. The maximum Gasteiger partial charge on any atom is 0.0706 e. The normalized spacial score (nSPS) is 30.8. The van der Waals surface area contributed by atoms with Crippen molar-refractivity contribution >= 4 is 21.6 Å². The van der Waals surface area contributed by atoms with Gasteiger partial charge in [-0.25, -0.2) is 0 Å². The fourth-order valence-corrected chi connectivity index (χ4v) is 3.49. The van der Waals surface area contributed by atoms with Crippen LogP contribution in [0.3, 0.4) is 0 Å². The molecule has 98 valence electrons. The smallest absolute Gasteiger partial charge is 0.0706 e. The number of nitrogens with one attached hydrogen (secondary N) is 1. The number of nitrogens with zero attached hydrogens (tertiary/aromatic N) is 1. The summed E-state index contributed by atoms with van der Waals surface area (Å²) >= 11 is 3.58. The predicted octanol–water partition coefficient (Wildman–Crippen LogP) is 2.19. The summed E-state index contributed by atoms with van der Waals surface area (Å²) in [5.74, 6) is 0. The summed E-state index contributed by atoms with van der Waals surface area (Å²) in [5, 5.41) is 3.50. The van der Waals surface area contributed by atoms with Crippen molar-refractivity contribution in [2.45, 2.75) is 24.9 Å². The van der Waals surface area contributed by atoms with E-state index in [0.717, 1.165) is 30.7 Å². The van der Waals surface area contributed by atoms with Gasteiger partial charge in [0.05, 0.1) is 19.3 Å². The maximum absolute atomic E-state index is 5.69. The first-order valence-electron chi connectivity index (χ1n) is 6.46. The molecule has 18 heavy (non-hydrogen) atoms. The van der Waals surface area contributed by atoms with Crippen LogP contribution in [0.15, 0.2) is 22.7 Å². The Balaban J connectivity index is 2.08. The largest absolute Gasteiger partial charge is 0.377 e. The highest BCUT2D eigenvalue weighted by atomic mass is 79.9. The molecule has 2 atom stereocenters. The van der Waals surface area contributed by atoms with Crippen molar-refractivity contribution in [2.24, 2.45) is 0 Å². The minimum atomic E-state index is 0.0846. The molecule has 1 saturated heterocycles. The number of rotatable bonds is 1. The molecular formula is C14H19BrN2O. The molecule has 0 bridgehead atoms. The Morgan fingerprint density at radius 3 is 3.11 bits per heavy atom. The van der Waals surface area contributed by atoms with E-state index in [1.165, 1.54) is 11.3 Å². The molecule has 2 aliphatic rings. The lowest BCUT2D eigenvalue weighted by atomic mass is 9.80. The molecule has 2 aliphatic heterocycles. The molecule has 4 heteroatoms. The van der Waals surface area contributed by atoms with Gasteiger partial charge in [-0.3, -0.25) is 0 Å². The van der Waals surface area contributed by atoms with Gasteiger partial charge in [-0.15, -0.1) is 0 Å². The number of halogens is 1. The summed E-state index contributed by atoms with van der Waals surface area (Å²) < 4.78 is 6.84. The molecule has 1 fully saturated rings. The van der Waals surface area contributed by atoms with Gasteiger partial charge in [0.2, 0.25) is 0 Å². The zero-order valence-corrected chi connectivity index (χ0v) is 12.5. The Labute approximate surface area is 117 Å². The minimum Gasteiger partial charge on any atom is -0.377 e. The molecule has 0 radical (unpaired) electrons. The molecule has 0 saturated carbocycles. The third-order valence-corrected chi connectivity index (χ3v) is 4.84. The number of fused-ring (bicyclic) bond motifs is 3. The van der Waals surface area contributed by atoms with Crippen LogP contribution in [0.5, 0.6) is 0 Å². The standard InChI is InChI=1S/C14H19BrN2O/c1-14(16-2)8-10-3-4-11(15)7-12(10)17-5-6-18-9-13(14)17/h3-4,7,13,16H,5-6,8-9H2,1-2H3/t13?,14-/m1/s1. The highest BCUT2D eigenvalue weighted by Gasteiger charge is 2.43. The third-order valence-electron chi connectivity index (χ3n) is 4.35. The molecule has 0 amide bonds. The van der Waals surface area contributed by atoms with Gasteiger partial charge in [-0.1, -0.05) is 22.0 Å². The zero-order chi connectivity index (χ0) is 12.8. The fourth-order valence-electron chi connectivity index (χ4n) is 3.14. The summed E-state index contributed by atoms with van der Waals surface area (Å²) in [5.41, 5.74) is 2.87. The zero-order valence-electron chi connectivity index (χ0n) is 10.9. The van der Waals surface area contributed by atoms with Crippen LogP contribution in [0.1, 0.15) is 12.5 Å². The second-order valence-electron chi connectivity index (χ2n) is 5.40. The Hall–Kier alpha value is -0.580. The van der Waals surface area contributed by atoms with Gasteiger partial charge in [-0.05, 0) is 38.1 Å². The Kier molecular flexibility index (Phi) is 3.12. The molecule has 3 nitrogen and oxygen atoms in total. The van der Waals surface area contributed by atoms with Crippen LogP contribution < -0.4 is 10.2 Å². The van der Waals surface area contributed by atoms with E-state index in [-0.39, 0.29) is 5.54 Å². The highest BCUT2D eigenvalue weighted by molar-refractivity contribution is 9.10. The Bertz CT molecular complexity index is 465. The van der Waals surface area contributed by atoms with Crippen molar-refractivity contribution in [3.63, 3.8) is 0 Å².